The van der Waals surface area contributed by atoms with Crippen molar-refractivity contribution in [1.82, 2.24) is 30.6 Å². The zero-order chi connectivity index (χ0) is 21.8. The molecule has 0 saturated heterocycles. The van der Waals surface area contributed by atoms with E-state index in [4.69, 9.17) is 8.94 Å². The van der Waals surface area contributed by atoms with Gasteiger partial charge in [-0.3, -0.25) is 14.3 Å². The van der Waals surface area contributed by atoms with Crippen LogP contribution in [0.4, 0.5) is 0 Å². The highest BCUT2D eigenvalue weighted by atomic mass is 79.9. The van der Waals surface area contributed by atoms with Gasteiger partial charge in [-0.1, -0.05) is 23.4 Å². The number of nitrogens with one attached hydrogen (secondary N) is 2. The van der Waals surface area contributed by atoms with Crippen LogP contribution in [0.2, 0.25) is 0 Å². The Morgan fingerprint density at radius 1 is 1.13 bits per heavy atom. The maximum absolute atomic E-state index is 12.3. The van der Waals surface area contributed by atoms with Crippen molar-refractivity contribution in [3.8, 4) is 0 Å². The summed E-state index contributed by atoms with van der Waals surface area (Å²) < 4.78 is 12.5. The molecule has 0 spiro atoms. The van der Waals surface area contributed by atoms with Crippen LogP contribution in [0.15, 0.2) is 60.9 Å². The molecule has 31 heavy (non-hydrogen) atoms. The van der Waals surface area contributed by atoms with E-state index in [2.05, 4.69) is 41.8 Å². The molecule has 158 valence electrons. The van der Waals surface area contributed by atoms with Crippen LogP contribution >= 0.6 is 15.9 Å². The number of carbonyl (C=O) groups is 2. The smallest absolute Gasteiger partial charge is 0.349 e. The zero-order valence-electron chi connectivity index (χ0n) is 15.9. The van der Waals surface area contributed by atoms with Crippen LogP contribution < -0.4 is 16.3 Å². The van der Waals surface area contributed by atoms with Crippen molar-refractivity contribution in [1.29, 1.82) is 0 Å². The lowest BCUT2D eigenvalue weighted by Gasteiger charge is -2.05. The molecular weight excluding hydrogens is 472 g/mol. The molecule has 4 rings (SSSR count). The van der Waals surface area contributed by atoms with E-state index in [1.54, 1.807) is 41.3 Å². The van der Waals surface area contributed by atoms with Crippen LogP contribution in [0.3, 0.4) is 0 Å². The molecule has 0 bridgehead atoms. The highest BCUT2D eigenvalue weighted by molar-refractivity contribution is 9.10. The molecule has 0 aliphatic rings. The number of hydrogen-bond acceptors (Lipinski definition) is 8. The third-order valence-electron chi connectivity index (χ3n) is 4.15. The molecule has 0 aliphatic carbocycles. The normalized spacial score (nSPS) is 10.9. The minimum Gasteiger partial charge on any atom is -0.422 e. The van der Waals surface area contributed by atoms with Crippen molar-refractivity contribution < 1.29 is 18.5 Å². The fourth-order valence-corrected chi connectivity index (χ4v) is 3.05. The predicted octanol–water partition coefficient (Wildman–Crippen LogP) is 1.34. The Kier molecular flexibility index (Phi) is 5.89. The second kappa shape index (κ2) is 8.92. The summed E-state index contributed by atoms with van der Waals surface area (Å²) >= 11 is 3.28. The first-order valence-corrected chi connectivity index (χ1v) is 9.89. The van der Waals surface area contributed by atoms with Crippen molar-refractivity contribution in [3.63, 3.8) is 0 Å². The molecule has 0 atom stereocenters. The van der Waals surface area contributed by atoms with E-state index in [0.717, 1.165) is 4.47 Å². The van der Waals surface area contributed by atoms with Gasteiger partial charge in [0.05, 0.1) is 10.7 Å². The van der Waals surface area contributed by atoms with E-state index in [-0.39, 0.29) is 36.9 Å². The lowest BCUT2D eigenvalue weighted by atomic mass is 10.2. The number of amides is 2. The number of rotatable bonds is 7. The SMILES string of the molecule is O=C(NCCNC(=O)c1cc2ccccc2oc1=O)c1nc(Cn2cc(Br)cn2)no1. The Bertz CT molecular complexity index is 1310. The number of para-hydroxylation sites is 1. The number of benzene rings is 1. The molecule has 0 saturated carbocycles. The first-order valence-electron chi connectivity index (χ1n) is 9.09. The molecule has 12 heteroatoms. The fraction of sp³-hybridized carbons (Fsp3) is 0.158. The van der Waals surface area contributed by atoms with Gasteiger partial charge in [-0.25, -0.2) is 4.79 Å². The summed E-state index contributed by atoms with van der Waals surface area (Å²) in [7, 11) is 0. The van der Waals surface area contributed by atoms with Gasteiger partial charge in [-0.15, -0.1) is 0 Å². The minimum atomic E-state index is -0.733. The zero-order valence-corrected chi connectivity index (χ0v) is 17.5. The topological polar surface area (TPSA) is 145 Å². The van der Waals surface area contributed by atoms with Crippen molar-refractivity contribution in [2.24, 2.45) is 0 Å². The maximum atomic E-state index is 12.3. The lowest BCUT2D eigenvalue weighted by Crippen LogP contribution is -2.36. The van der Waals surface area contributed by atoms with Gasteiger partial charge >= 0.3 is 17.4 Å². The Morgan fingerprint density at radius 3 is 2.68 bits per heavy atom. The number of hydrogen-bond donors (Lipinski definition) is 2. The summed E-state index contributed by atoms with van der Waals surface area (Å²) in [4.78, 5) is 40.4. The Morgan fingerprint density at radius 2 is 1.90 bits per heavy atom. The van der Waals surface area contributed by atoms with Crippen LogP contribution in [-0.2, 0) is 6.54 Å². The third kappa shape index (κ3) is 4.86. The van der Waals surface area contributed by atoms with E-state index in [1.807, 2.05) is 0 Å². The Hall–Kier alpha value is -3.80. The average molecular weight is 487 g/mol. The standard InChI is InChI=1S/C19H15BrN6O5/c20-12-8-23-26(9-12)10-15-24-18(31-25-15)17(28)22-6-5-21-16(27)13-7-11-3-1-2-4-14(11)30-19(13)29/h1-4,7-9H,5-6,10H2,(H,21,27)(H,22,28). The third-order valence-corrected chi connectivity index (χ3v) is 4.56. The molecule has 11 nitrogen and oxygen atoms in total. The van der Waals surface area contributed by atoms with Crippen molar-refractivity contribution in [3.05, 3.63) is 74.9 Å². The van der Waals surface area contributed by atoms with Crippen molar-refractivity contribution >= 4 is 38.7 Å². The first-order chi connectivity index (χ1) is 15.0. The number of nitrogens with zero attached hydrogens (tertiary/aromatic N) is 4. The minimum absolute atomic E-state index is 0.0825. The van der Waals surface area contributed by atoms with Crippen LogP contribution in [0.1, 0.15) is 26.9 Å². The number of aromatic nitrogens is 4. The van der Waals surface area contributed by atoms with E-state index in [9.17, 15) is 14.4 Å². The largest absolute Gasteiger partial charge is 0.422 e. The van der Waals surface area contributed by atoms with E-state index in [1.165, 1.54) is 6.07 Å². The summed E-state index contributed by atoms with van der Waals surface area (Å²) in [6, 6.07) is 8.35. The van der Waals surface area contributed by atoms with E-state index < -0.39 is 17.4 Å². The summed E-state index contributed by atoms with van der Waals surface area (Å²) in [5.41, 5.74) is -0.449. The molecule has 0 fully saturated rings. The van der Waals surface area contributed by atoms with Crippen molar-refractivity contribution in [2.75, 3.05) is 13.1 Å². The fourth-order valence-electron chi connectivity index (χ4n) is 2.72. The van der Waals surface area contributed by atoms with Crippen LogP contribution in [-0.4, -0.2) is 44.8 Å². The molecular formula is C19H15BrN6O5. The Balaban J connectivity index is 1.28. The predicted molar refractivity (Wildman–Crippen MR) is 110 cm³/mol. The van der Waals surface area contributed by atoms with Gasteiger partial charge in [-0.05, 0) is 28.1 Å². The lowest BCUT2D eigenvalue weighted by molar-refractivity contribution is 0.0897. The van der Waals surface area contributed by atoms with Gasteiger partial charge in [0.25, 0.3) is 5.91 Å². The molecule has 0 radical (unpaired) electrons. The second-order valence-electron chi connectivity index (χ2n) is 6.37. The van der Waals surface area contributed by atoms with Gasteiger partial charge in [-0.2, -0.15) is 10.1 Å². The van der Waals surface area contributed by atoms with E-state index >= 15 is 0 Å². The molecule has 0 aliphatic heterocycles. The van der Waals surface area contributed by atoms with Crippen molar-refractivity contribution in [2.45, 2.75) is 6.54 Å². The van der Waals surface area contributed by atoms with Gasteiger partial charge in [0.2, 0.25) is 0 Å². The van der Waals surface area contributed by atoms with Gasteiger partial charge in [0.1, 0.15) is 17.7 Å². The molecule has 3 heterocycles. The first kappa shape index (κ1) is 20.5. The summed E-state index contributed by atoms with van der Waals surface area (Å²) in [6.45, 7) is 0.416. The number of carbonyl (C=O) groups excluding carboxylic acids is 2. The molecule has 2 amide bonds. The molecule has 1 aromatic carbocycles. The highest BCUT2D eigenvalue weighted by Crippen LogP contribution is 2.12. The van der Waals surface area contributed by atoms with Gasteiger partial charge < -0.3 is 19.6 Å². The summed E-state index contributed by atoms with van der Waals surface area (Å²) in [6.07, 6.45) is 3.35. The van der Waals surface area contributed by atoms with Gasteiger partial charge in [0, 0.05) is 24.7 Å². The van der Waals surface area contributed by atoms with Crippen LogP contribution in [0.25, 0.3) is 11.0 Å². The molecule has 0 unspecified atom stereocenters. The van der Waals surface area contributed by atoms with Crippen LogP contribution in [0, 0.1) is 0 Å². The highest BCUT2D eigenvalue weighted by Gasteiger charge is 2.16. The molecule has 4 aromatic rings. The maximum Gasteiger partial charge on any atom is 0.349 e. The second-order valence-corrected chi connectivity index (χ2v) is 7.28. The molecule has 3 aromatic heterocycles. The summed E-state index contributed by atoms with van der Waals surface area (Å²) in [5, 5.41) is 13.5. The van der Waals surface area contributed by atoms with Gasteiger partial charge in [0.15, 0.2) is 5.82 Å². The Labute approximate surface area is 182 Å². The number of fused-ring (bicyclic) bond motifs is 1. The monoisotopic (exact) mass is 486 g/mol. The number of halogens is 1. The molecule has 2 N–H and O–H groups in total. The summed E-state index contributed by atoms with van der Waals surface area (Å²) in [5.74, 6) is -1.10. The van der Waals surface area contributed by atoms with Crippen LogP contribution in [0.5, 0.6) is 0 Å². The van der Waals surface area contributed by atoms with E-state index in [0.29, 0.717) is 11.0 Å². The average Bonchev–Trinajstić information content (AvgIpc) is 3.39. The quantitative estimate of drug-likeness (QED) is 0.294.